The third-order valence-corrected chi connectivity index (χ3v) is 4.37. The Morgan fingerprint density at radius 3 is 2.55 bits per heavy atom. The largest absolute Gasteiger partial charge is 0.381 e. The lowest BCUT2D eigenvalue weighted by Gasteiger charge is -2.38. The summed E-state index contributed by atoms with van der Waals surface area (Å²) < 4.78 is 19.0. The zero-order valence-corrected chi connectivity index (χ0v) is 11.5. The van der Waals surface area contributed by atoms with Gasteiger partial charge in [-0.2, -0.15) is 0 Å². The average Bonchev–Trinajstić information content (AvgIpc) is 2.72. The van der Waals surface area contributed by atoms with E-state index < -0.39 is 5.82 Å². The number of halogens is 1. The van der Waals surface area contributed by atoms with Gasteiger partial charge in [0.2, 0.25) is 0 Å². The molecule has 0 radical (unpaired) electrons. The number of benzene rings is 1. The van der Waals surface area contributed by atoms with Crippen molar-refractivity contribution < 1.29 is 13.9 Å². The van der Waals surface area contributed by atoms with Crippen molar-refractivity contribution in [1.82, 2.24) is 4.90 Å². The van der Waals surface area contributed by atoms with Crippen LogP contribution in [0.2, 0.25) is 0 Å². The van der Waals surface area contributed by atoms with E-state index >= 15 is 0 Å². The van der Waals surface area contributed by atoms with Crippen LogP contribution in [0.3, 0.4) is 0 Å². The number of nitrogens with one attached hydrogen (secondary N) is 1. The number of para-hydroxylation sites is 1. The Morgan fingerprint density at radius 2 is 1.95 bits per heavy atom. The zero-order chi connectivity index (χ0) is 14.1. The van der Waals surface area contributed by atoms with Gasteiger partial charge in [0.05, 0.1) is 11.8 Å². The molecule has 4 nitrogen and oxygen atoms in total. The molecule has 0 aliphatic carbocycles. The maximum absolute atomic E-state index is 13.6. The normalized spacial score (nSPS) is 28.5. The van der Waals surface area contributed by atoms with Crippen LogP contribution in [0.4, 0.5) is 14.9 Å². The van der Waals surface area contributed by atoms with Gasteiger partial charge in [-0.1, -0.05) is 12.1 Å². The molecular formula is C15H19FN2O2. The highest BCUT2D eigenvalue weighted by Crippen LogP contribution is 2.37. The monoisotopic (exact) mass is 278 g/mol. The number of hydrogen-bond acceptors (Lipinski definition) is 2. The van der Waals surface area contributed by atoms with E-state index in [9.17, 15) is 9.18 Å². The number of urea groups is 1. The molecule has 2 unspecified atom stereocenters. The van der Waals surface area contributed by atoms with E-state index in [0.717, 1.165) is 25.7 Å². The van der Waals surface area contributed by atoms with Crippen LogP contribution >= 0.6 is 0 Å². The van der Waals surface area contributed by atoms with Crippen molar-refractivity contribution in [3.05, 3.63) is 30.1 Å². The standard InChI is InChI=1S/C15H19FN2O2/c1-20-12-8-10-6-7-11(9-12)18(10)15(19)17-14-5-3-2-4-13(14)16/h2-5,10-12H,6-9H2,1H3,(H,17,19). The molecule has 1 aromatic carbocycles. The third kappa shape index (κ3) is 2.38. The SMILES string of the molecule is COC1CC2CCC(C1)N2C(=O)Nc1ccccc1F. The van der Waals surface area contributed by atoms with Gasteiger partial charge in [0.25, 0.3) is 0 Å². The summed E-state index contributed by atoms with van der Waals surface area (Å²) in [4.78, 5) is 14.3. The Hall–Kier alpha value is -1.62. The fourth-order valence-corrected chi connectivity index (χ4v) is 3.39. The Bertz CT molecular complexity index is 494. The first-order valence-corrected chi connectivity index (χ1v) is 7.05. The lowest BCUT2D eigenvalue weighted by atomic mass is 10.0. The molecule has 0 spiro atoms. The van der Waals surface area contributed by atoms with Crippen molar-refractivity contribution in [3.8, 4) is 0 Å². The molecule has 2 fully saturated rings. The number of amides is 2. The van der Waals surface area contributed by atoms with Crippen LogP contribution in [-0.4, -0.2) is 36.2 Å². The second-order valence-electron chi connectivity index (χ2n) is 5.53. The molecule has 0 saturated carbocycles. The first kappa shape index (κ1) is 13.4. The maximum Gasteiger partial charge on any atom is 0.322 e. The summed E-state index contributed by atoms with van der Waals surface area (Å²) in [7, 11) is 1.72. The number of hydrogen-bond donors (Lipinski definition) is 1. The topological polar surface area (TPSA) is 41.6 Å². The first-order valence-electron chi connectivity index (χ1n) is 7.05. The van der Waals surface area contributed by atoms with Gasteiger partial charge in [0.1, 0.15) is 5.82 Å². The summed E-state index contributed by atoms with van der Waals surface area (Å²) in [6.45, 7) is 0. The van der Waals surface area contributed by atoms with E-state index in [2.05, 4.69) is 5.32 Å². The van der Waals surface area contributed by atoms with Crippen LogP contribution in [-0.2, 0) is 4.74 Å². The third-order valence-electron chi connectivity index (χ3n) is 4.37. The summed E-state index contributed by atoms with van der Waals surface area (Å²) in [5.74, 6) is -0.403. The molecule has 2 aliphatic rings. The fourth-order valence-electron chi connectivity index (χ4n) is 3.39. The van der Waals surface area contributed by atoms with Crippen LogP contribution in [0.5, 0.6) is 0 Å². The van der Waals surface area contributed by atoms with E-state index in [1.165, 1.54) is 6.07 Å². The molecule has 1 aromatic rings. The minimum Gasteiger partial charge on any atom is -0.381 e. The highest BCUT2D eigenvalue weighted by atomic mass is 19.1. The van der Waals surface area contributed by atoms with Gasteiger partial charge in [-0.3, -0.25) is 0 Å². The molecule has 2 atom stereocenters. The van der Waals surface area contributed by atoms with Crippen molar-refractivity contribution in [2.45, 2.75) is 43.9 Å². The van der Waals surface area contributed by atoms with Gasteiger partial charge in [-0.05, 0) is 37.8 Å². The number of carbonyl (C=O) groups is 1. The number of nitrogens with zero attached hydrogens (tertiary/aromatic N) is 1. The zero-order valence-electron chi connectivity index (χ0n) is 11.5. The Balaban J connectivity index is 1.71. The van der Waals surface area contributed by atoms with E-state index in [1.807, 2.05) is 4.90 Å². The second kappa shape index (κ2) is 5.40. The second-order valence-corrected chi connectivity index (χ2v) is 5.53. The summed E-state index contributed by atoms with van der Waals surface area (Å²) >= 11 is 0. The predicted molar refractivity (Wildman–Crippen MR) is 74.1 cm³/mol. The number of rotatable bonds is 2. The molecule has 2 aliphatic heterocycles. The molecule has 2 bridgehead atoms. The number of methoxy groups -OCH3 is 1. The van der Waals surface area contributed by atoms with Crippen LogP contribution in [0.1, 0.15) is 25.7 Å². The number of anilines is 1. The maximum atomic E-state index is 13.6. The van der Waals surface area contributed by atoms with Crippen LogP contribution in [0, 0.1) is 5.82 Å². The smallest absolute Gasteiger partial charge is 0.322 e. The quantitative estimate of drug-likeness (QED) is 0.903. The number of piperidine rings is 1. The molecule has 2 saturated heterocycles. The summed E-state index contributed by atoms with van der Waals surface area (Å²) in [5.41, 5.74) is 0.241. The molecule has 108 valence electrons. The van der Waals surface area contributed by atoms with E-state index in [4.69, 9.17) is 4.74 Å². The molecule has 20 heavy (non-hydrogen) atoms. The van der Waals surface area contributed by atoms with Gasteiger partial charge >= 0.3 is 6.03 Å². The Morgan fingerprint density at radius 1 is 1.30 bits per heavy atom. The van der Waals surface area contributed by atoms with Gasteiger partial charge in [-0.15, -0.1) is 0 Å². The predicted octanol–water partition coefficient (Wildman–Crippen LogP) is 3.00. The minimum absolute atomic E-state index is 0.197. The summed E-state index contributed by atoms with van der Waals surface area (Å²) in [6.07, 6.45) is 4.00. The fraction of sp³-hybridized carbons (Fsp3) is 0.533. The highest BCUT2D eigenvalue weighted by molar-refractivity contribution is 5.90. The number of fused-ring (bicyclic) bond motifs is 2. The van der Waals surface area contributed by atoms with Crippen LogP contribution in [0.15, 0.2) is 24.3 Å². The lowest BCUT2D eigenvalue weighted by molar-refractivity contribution is 0.0232. The van der Waals surface area contributed by atoms with Gasteiger partial charge in [0.15, 0.2) is 0 Å². The number of carbonyl (C=O) groups excluding carboxylic acids is 1. The summed E-state index contributed by atoms with van der Waals surface area (Å²) in [5, 5.41) is 2.68. The van der Waals surface area contributed by atoms with Crippen molar-refractivity contribution in [2.24, 2.45) is 0 Å². The van der Waals surface area contributed by atoms with Crippen LogP contribution in [0.25, 0.3) is 0 Å². The first-order chi connectivity index (χ1) is 9.69. The lowest BCUT2D eigenvalue weighted by Crippen LogP contribution is -2.50. The molecule has 0 aromatic heterocycles. The van der Waals surface area contributed by atoms with E-state index in [0.29, 0.717) is 0 Å². The molecular weight excluding hydrogens is 259 g/mol. The summed E-state index contributed by atoms with van der Waals surface area (Å²) in [6, 6.07) is 6.48. The Kier molecular flexibility index (Phi) is 3.61. The molecule has 2 amide bonds. The molecule has 1 N–H and O–H groups in total. The van der Waals surface area contributed by atoms with Crippen molar-refractivity contribution in [1.29, 1.82) is 0 Å². The Labute approximate surface area is 117 Å². The van der Waals surface area contributed by atoms with Crippen molar-refractivity contribution >= 4 is 11.7 Å². The van der Waals surface area contributed by atoms with Crippen LogP contribution < -0.4 is 5.32 Å². The van der Waals surface area contributed by atoms with E-state index in [-0.39, 0.29) is 29.9 Å². The molecule has 2 heterocycles. The van der Waals surface area contributed by atoms with Gasteiger partial charge in [-0.25, -0.2) is 9.18 Å². The minimum atomic E-state index is -0.403. The number of ether oxygens (including phenoxy) is 1. The van der Waals surface area contributed by atoms with Crippen molar-refractivity contribution in [2.75, 3.05) is 12.4 Å². The van der Waals surface area contributed by atoms with Gasteiger partial charge in [0, 0.05) is 19.2 Å². The molecule has 5 heteroatoms. The highest BCUT2D eigenvalue weighted by Gasteiger charge is 2.43. The molecule has 3 rings (SSSR count). The van der Waals surface area contributed by atoms with E-state index in [1.54, 1.807) is 25.3 Å². The average molecular weight is 278 g/mol. The van der Waals surface area contributed by atoms with Crippen molar-refractivity contribution in [3.63, 3.8) is 0 Å². The van der Waals surface area contributed by atoms with Gasteiger partial charge < -0.3 is 15.0 Å².